The molecule has 0 aliphatic carbocycles. The minimum absolute atomic E-state index is 0.0386. The third kappa shape index (κ3) is 5.89. The monoisotopic (exact) mass is 294 g/mol. The van der Waals surface area contributed by atoms with Crippen LogP contribution in [0.2, 0.25) is 5.02 Å². The number of likely N-dealkylation sites (N-methyl/N-ethyl adjacent to an activating group) is 1. The van der Waals surface area contributed by atoms with Crippen molar-refractivity contribution in [3.05, 3.63) is 40.9 Å². The number of benzene rings is 1. The van der Waals surface area contributed by atoms with E-state index in [2.05, 4.69) is 5.32 Å². The Morgan fingerprint density at radius 2 is 2.10 bits per heavy atom. The molecule has 0 unspecified atom stereocenters. The van der Waals surface area contributed by atoms with Crippen molar-refractivity contribution in [3.8, 4) is 0 Å². The molecule has 0 spiro atoms. The van der Waals surface area contributed by atoms with Gasteiger partial charge in [0, 0.05) is 24.2 Å². The van der Waals surface area contributed by atoms with Crippen LogP contribution in [0.4, 0.5) is 0 Å². The highest BCUT2D eigenvalue weighted by Crippen LogP contribution is 2.11. The molecule has 108 valence electrons. The SMILES string of the molecule is CC(C)NC(=O)CN(C)C(=O)/C=C/c1cccc(Cl)c1. The smallest absolute Gasteiger partial charge is 0.246 e. The van der Waals surface area contributed by atoms with Crippen LogP contribution in [-0.4, -0.2) is 36.3 Å². The van der Waals surface area contributed by atoms with Crippen LogP contribution in [-0.2, 0) is 9.59 Å². The molecule has 0 fully saturated rings. The second-order valence-corrected chi connectivity index (χ2v) is 5.24. The normalized spacial score (nSPS) is 10.8. The number of hydrogen-bond acceptors (Lipinski definition) is 2. The maximum absolute atomic E-state index is 11.8. The minimum atomic E-state index is -0.233. The molecule has 1 aromatic rings. The van der Waals surface area contributed by atoms with Crippen molar-refractivity contribution >= 4 is 29.5 Å². The van der Waals surface area contributed by atoms with Crippen LogP contribution in [0.25, 0.3) is 6.08 Å². The molecule has 0 radical (unpaired) electrons. The Balaban J connectivity index is 2.55. The van der Waals surface area contributed by atoms with Gasteiger partial charge in [-0.2, -0.15) is 0 Å². The summed E-state index contributed by atoms with van der Waals surface area (Å²) >= 11 is 5.86. The molecule has 4 nitrogen and oxygen atoms in total. The van der Waals surface area contributed by atoms with Gasteiger partial charge in [-0.05, 0) is 37.6 Å². The fourth-order valence-electron chi connectivity index (χ4n) is 1.57. The first kappa shape index (κ1) is 16.2. The predicted molar refractivity (Wildman–Crippen MR) is 81.4 cm³/mol. The van der Waals surface area contributed by atoms with Gasteiger partial charge in [0.05, 0.1) is 6.54 Å². The Hall–Kier alpha value is -1.81. The maximum Gasteiger partial charge on any atom is 0.246 e. The number of nitrogens with one attached hydrogen (secondary N) is 1. The fourth-order valence-corrected chi connectivity index (χ4v) is 1.76. The molecule has 0 aliphatic rings. The number of carbonyl (C=O) groups is 2. The van der Waals surface area contributed by atoms with Crippen LogP contribution in [0.15, 0.2) is 30.3 Å². The lowest BCUT2D eigenvalue weighted by Gasteiger charge is -2.16. The maximum atomic E-state index is 11.8. The molecular formula is C15H19ClN2O2. The van der Waals surface area contributed by atoms with E-state index in [4.69, 9.17) is 11.6 Å². The van der Waals surface area contributed by atoms with E-state index in [9.17, 15) is 9.59 Å². The van der Waals surface area contributed by atoms with Crippen LogP contribution in [0.5, 0.6) is 0 Å². The van der Waals surface area contributed by atoms with Gasteiger partial charge in [-0.25, -0.2) is 0 Å². The topological polar surface area (TPSA) is 49.4 Å². The van der Waals surface area contributed by atoms with Crippen molar-refractivity contribution in [3.63, 3.8) is 0 Å². The summed E-state index contributed by atoms with van der Waals surface area (Å²) in [6, 6.07) is 7.25. The largest absolute Gasteiger partial charge is 0.352 e. The molecule has 0 atom stereocenters. The van der Waals surface area contributed by atoms with E-state index in [0.717, 1.165) is 5.56 Å². The highest BCUT2D eigenvalue weighted by atomic mass is 35.5. The highest BCUT2D eigenvalue weighted by molar-refractivity contribution is 6.30. The summed E-state index contributed by atoms with van der Waals surface area (Å²) in [5.74, 6) is -0.407. The third-order valence-corrected chi connectivity index (χ3v) is 2.71. The number of rotatable bonds is 5. The molecule has 0 aromatic heterocycles. The van der Waals surface area contributed by atoms with E-state index in [1.807, 2.05) is 26.0 Å². The molecule has 0 saturated heterocycles. The summed E-state index contributed by atoms with van der Waals surface area (Å²) in [5, 5.41) is 3.35. The molecule has 5 heteroatoms. The zero-order chi connectivity index (χ0) is 15.1. The first-order valence-corrected chi connectivity index (χ1v) is 6.74. The van der Waals surface area contributed by atoms with Crippen molar-refractivity contribution < 1.29 is 9.59 Å². The van der Waals surface area contributed by atoms with Gasteiger partial charge >= 0.3 is 0 Å². The van der Waals surface area contributed by atoms with Crippen molar-refractivity contribution in [2.45, 2.75) is 19.9 Å². The van der Waals surface area contributed by atoms with Gasteiger partial charge in [-0.1, -0.05) is 23.7 Å². The average Bonchev–Trinajstić information content (AvgIpc) is 2.34. The van der Waals surface area contributed by atoms with Gasteiger partial charge < -0.3 is 10.2 Å². The van der Waals surface area contributed by atoms with Crippen LogP contribution < -0.4 is 5.32 Å². The van der Waals surface area contributed by atoms with Crippen molar-refractivity contribution in [1.82, 2.24) is 10.2 Å². The Morgan fingerprint density at radius 1 is 1.40 bits per heavy atom. The second kappa shape index (κ2) is 7.70. The molecule has 0 aliphatic heterocycles. The predicted octanol–water partition coefficient (Wildman–Crippen LogP) is 2.34. The van der Waals surface area contributed by atoms with Gasteiger partial charge in [0.25, 0.3) is 0 Å². The quantitative estimate of drug-likeness (QED) is 0.848. The van der Waals surface area contributed by atoms with E-state index in [1.165, 1.54) is 11.0 Å². The fraction of sp³-hybridized carbons (Fsp3) is 0.333. The summed E-state index contributed by atoms with van der Waals surface area (Å²) in [6.07, 6.45) is 3.10. The highest BCUT2D eigenvalue weighted by Gasteiger charge is 2.10. The van der Waals surface area contributed by atoms with Gasteiger partial charge in [0.2, 0.25) is 11.8 Å². The standard InChI is InChI=1S/C15H19ClN2O2/c1-11(2)17-14(19)10-18(3)15(20)8-7-12-5-4-6-13(16)9-12/h4-9,11H,10H2,1-3H3,(H,17,19)/b8-7+. The first-order chi connectivity index (χ1) is 9.38. The van der Waals surface area contributed by atoms with Crippen LogP contribution in [0.3, 0.4) is 0 Å². The van der Waals surface area contributed by atoms with Crippen molar-refractivity contribution in [2.24, 2.45) is 0 Å². The van der Waals surface area contributed by atoms with Gasteiger partial charge in [0.1, 0.15) is 0 Å². The number of halogens is 1. The zero-order valence-electron chi connectivity index (χ0n) is 11.9. The van der Waals surface area contributed by atoms with E-state index in [0.29, 0.717) is 5.02 Å². The number of amides is 2. The Morgan fingerprint density at radius 3 is 2.70 bits per heavy atom. The van der Waals surface area contributed by atoms with Crippen molar-refractivity contribution in [1.29, 1.82) is 0 Å². The Labute approximate surface area is 124 Å². The van der Waals surface area contributed by atoms with Crippen LogP contribution >= 0.6 is 11.6 Å². The lowest BCUT2D eigenvalue weighted by atomic mass is 10.2. The summed E-state index contributed by atoms with van der Waals surface area (Å²) in [6.45, 7) is 3.79. The van der Waals surface area contributed by atoms with Gasteiger partial charge in [0.15, 0.2) is 0 Å². The number of carbonyl (C=O) groups excluding carboxylic acids is 2. The van der Waals surface area contributed by atoms with Gasteiger partial charge in [-0.3, -0.25) is 9.59 Å². The Bertz CT molecular complexity index is 512. The zero-order valence-corrected chi connectivity index (χ0v) is 12.6. The third-order valence-electron chi connectivity index (χ3n) is 2.47. The van der Waals surface area contributed by atoms with Crippen molar-refractivity contribution in [2.75, 3.05) is 13.6 Å². The van der Waals surface area contributed by atoms with Crippen LogP contribution in [0, 0.1) is 0 Å². The average molecular weight is 295 g/mol. The molecule has 1 N–H and O–H groups in total. The second-order valence-electron chi connectivity index (χ2n) is 4.80. The summed E-state index contributed by atoms with van der Waals surface area (Å²) < 4.78 is 0. The molecule has 20 heavy (non-hydrogen) atoms. The minimum Gasteiger partial charge on any atom is -0.352 e. The Kier molecular flexibility index (Phi) is 6.25. The molecule has 0 saturated carbocycles. The van der Waals surface area contributed by atoms with E-state index in [-0.39, 0.29) is 24.4 Å². The molecule has 1 aromatic carbocycles. The number of hydrogen-bond donors (Lipinski definition) is 1. The molecular weight excluding hydrogens is 276 g/mol. The summed E-state index contributed by atoms with van der Waals surface area (Å²) in [4.78, 5) is 24.7. The van der Waals surface area contributed by atoms with E-state index < -0.39 is 0 Å². The number of nitrogens with zero attached hydrogens (tertiary/aromatic N) is 1. The molecule has 0 bridgehead atoms. The van der Waals surface area contributed by atoms with Gasteiger partial charge in [-0.15, -0.1) is 0 Å². The lowest BCUT2D eigenvalue weighted by Crippen LogP contribution is -2.40. The summed E-state index contributed by atoms with van der Waals surface area (Å²) in [7, 11) is 1.59. The van der Waals surface area contributed by atoms with Crippen LogP contribution in [0.1, 0.15) is 19.4 Å². The molecule has 2 amide bonds. The molecule has 1 rings (SSSR count). The first-order valence-electron chi connectivity index (χ1n) is 6.36. The molecule has 0 heterocycles. The van der Waals surface area contributed by atoms with E-state index >= 15 is 0 Å². The lowest BCUT2D eigenvalue weighted by molar-refractivity contribution is -0.131. The summed E-state index contributed by atoms with van der Waals surface area (Å²) in [5.41, 5.74) is 0.839. The van der Waals surface area contributed by atoms with E-state index in [1.54, 1.807) is 25.3 Å².